The van der Waals surface area contributed by atoms with Crippen molar-refractivity contribution in [2.24, 2.45) is 0 Å². The van der Waals surface area contributed by atoms with E-state index in [1.165, 1.54) is 14.9 Å². The van der Waals surface area contributed by atoms with Gasteiger partial charge in [-0.1, -0.05) is 18.2 Å². The summed E-state index contributed by atoms with van der Waals surface area (Å²) in [6.07, 6.45) is -0.397. The molecular formula is C22H25IN2O3S. The Morgan fingerprint density at radius 2 is 1.83 bits per heavy atom. The molecule has 0 aliphatic carbocycles. The fourth-order valence-electron chi connectivity index (χ4n) is 3.19. The van der Waals surface area contributed by atoms with Crippen LogP contribution in [0, 0.1) is 0 Å². The van der Waals surface area contributed by atoms with Crippen LogP contribution in [0.15, 0.2) is 54.6 Å². The van der Waals surface area contributed by atoms with Crippen LogP contribution in [0.4, 0.5) is 5.69 Å². The molecule has 2 aromatic carbocycles. The molecule has 3 rings (SSSR count). The first-order chi connectivity index (χ1) is 14.2. The lowest BCUT2D eigenvalue weighted by Crippen LogP contribution is -2.25. The van der Waals surface area contributed by atoms with Crippen LogP contribution in [0.3, 0.4) is 0 Å². The van der Waals surface area contributed by atoms with Crippen molar-refractivity contribution in [3.63, 3.8) is 0 Å². The van der Waals surface area contributed by atoms with Gasteiger partial charge in [-0.3, -0.25) is 0 Å². The van der Waals surface area contributed by atoms with E-state index in [1.54, 1.807) is 0 Å². The number of nitrogens with zero attached hydrogens (tertiary/aromatic N) is 2. The average Bonchev–Trinajstić information content (AvgIpc) is 2.77. The zero-order valence-corrected chi connectivity index (χ0v) is 19.5. The van der Waals surface area contributed by atoms with Crippen molar-refractivity contribution in [2.45, 2.75) is 20.0 Å². The maximum Gasteiger partial charge on any atom is 0.146 e. The number of fused-ring (bicyclic) bond motifs is 1. The number of ether oxygens (including phenoxy) is 1. The summed E-state index contributed by atoms with van der Waals surface area (Å²) < 4.78 is 11.1. The largest absolute Gasteiger partial charge is 0.486 e. The van der Waals surface area contributed by atoms with Crippen molar-refractivity contribution in [3.8, 4) is 17.0 Å². The molecule has 154 valence electrons. The molecule has 29 heavy (non-hydrogen) atoms. The van der Waals surface area contributed by atoms with Crippen molar-refractivity contribution >= 4 is 47.0 Å². The summed E-state index contributed by atoms with van der Waals surface area (Å²) in [5, 5.41) is 10.4. The van der Waals surface area contributed by atoms with Gasteiger partial charge in [0.1, 0.15) is 18.5 Å². The normalized spacial score (nSPS) is 12.1. The van der Waals surface area contributed by atoms with Crippen molar-refractivity contribution in [1.82, 2.24) is 4.98 Å². The molecule has 5 nitrogen and oxygen atoms in total. The molecule has 7 heteroatoms. The van der Waals surface area contributed by atoms with E-state index in [2.05, 4.69) is 43.0 Å². The van der Waals surface area contributed by atoms with E-state index in [9.17, 15) is 5.11 Å². The van der Waals surface area contributed by atoms with Crippen molar-refractivity contribution in [2.75, 3.05) is 31.2 Å². The number of hydrogen-bond acceptors (Lipinski definition) is 6. The summed E-state index contributed by atoms with van der Waals surface area (Å²) in [5.74, 6) is 0.691. The Morgan fingerprint density at radius 3 is 2.48 bits per heavy atom. The van der Waals surface area contributed by atoms with Gasteiger partial charge < -0.3 is 18.9 Å². The minimum Gasteiger partial charge on any atom is -0.486 e. The number of aliphatic hydroxyl groups excluding tert-OH is 1. The second-order valence-corrected chi connectivity index (χ2v) is 7.98. The Balaban J connectivity index is 1.78. The fraction of sp³-hybridized carbons (Fsp3) is 0.318. The minimum atomic E-state index is -0.397. The maximum atomic E-state index is 9.44. The van der Waals surface area contributed by atoms with Crippen LogP contribution in [0.2, 0.25) is 0 Å². The Bertz CT molecular complexity index is 920. The molecule has 0 amide bonds. The van der Waals surface area contributed by atoms with Crippen LogP contribution < -0.4 is 9.64 Å². The van der Waals surface area contributed by atoms with Gasteiger partial charge in [-0.15, -0.1) is 0 Å². The maximum absolute atomic E-state index is 9.44. The Kier molecular flexibility index (Phi) is 8.40. The molecule has 1 atom stereocenters. The molecular weight excluding hydrogens is 499 g/mol. The van der Waals surface area contributed by atoms with Crippen molar-refractivity contribution < 1.29 is 14.0 Å². The van der Waals surface area contributed by atoms with Crippen LogP contribution in [-0.2, 0) is 4.18 Å². The summed E-state index contributed by atoms with van der Waals surface area (Å²) in [7, 11) is 1.23. The number of halogens is 1. The third-order valence-electron chi connectivity index (χ3n) is 4.76. The van der Waals surface area contributed by atoms with Crippen molar-refractivity contribution in [1.29, 1.82) is 0 Å². The molecule has 0 bridgehead atoms. The van der Waals surface area contributed by atoms with Gasteiger partial charge in [0.25, 0.3) is 0 Å². The first-order valence-electron chi connectivity index (χ1n) is 9.62. The van der Waals surface area contributed by atoms with Gasteiger partial charge in [0.15, 0.2) is 0 Å². The van der Waals surface area contributed by atoms with E-state index in [0.29, 0.717) is 12.4 Å². The SMILES string of the molecule is CCN(CC)c1ccc(-c2ccc3cc(OC(CO)COSI)ccc3n2)cc1. The monoisotopic (exact) mass is 524 g/mol. The molecule has 0 aliphatic rings. The van der Waals surface area contributed by atoms with E-state index < -0.39 is 6.10 Å². The van der Waals surface area contributed by atoms with Gasteiger partial charge in [-0.05, 0) is 50.2 Å². The number of rotatable bonds is 10. The first-order valence-corrected chi connectivity index (χ1v) is 12.9. The van der Waals surface area contributed by atoms with E-state index in [1.807, 2.05) is 51.5 Å². The van der Waals surface area contributed by atoms with Crippen LogP contribution in [0.1, 0.15) is 13.8 Å². The highest BCUT2D eigenvalue weighted by Gasteiger charge is 2.11. The third kappa shape index (κ3) is 5.75. The van der Waals surface area contributed by atoms with Gasteiger partial charge in [0.05, 0.1) is 27.0 Å². The van der Waals surface area contributed by atoms with Crippen LogP contribution in [0.25, 0.3) is 22.2 Å². The number of pyridine rings is 1. The van der Waals surface area contributed by atoms with Gasteiger partial charge >= 0.3 is 0 Å². The van der Waals surface area contributed by atoms with E-state index in [0.717, 1.165) is 35.2 Å². The molecule has 0 aliphatic heterocycles. The fourth-order valence-corrected chi connectivity index (χ4v) is 3.83. The Hall–Kier alpha value is -1.55. The predicted octanol–water partition coefficient (Wildman–Crippen LogP) is 5.50. The minimum absolute atomic E-state index is 0.101. The quantitative estimate of drug-likeness (QED) is 0.279. The number of anilines is 1. The van der Waals surface area contributed by atoms with E-state index >= 15 is 0 Å². The highest BCUT2D eigenvalue weighted by molar-refractivity contribution is 14.2. The lowest BCUT2D eigenvalue weighted by Gasteiger charge is -2.21. The van der Waals surface area contributed by atoms with Gasteiger partial charge in [0, 0.05) is 50.9 Å². The molecule has 0 radical (unpaired) electrons. The molecule has 0 saturated carbocycles. The number of benzene rings is 2. The van der Waals surface area contributed by atoms with Gasteiger partial charge in [-0.2, -0.15) is 0 Å². The average molecular weight is 524 g/mol. The number of aliphatic hydroxyl groups is 1. The highest BCUT2D eigenvalue weighted by atomic mass is 127. The summed E-state index contributed by atoms with van der Waals surface area (Å²) in [5.41, 5.74) is 4.17. The molecule has 0 spiro atoms. The second kappa shape index (κ2) is 11.0. The summed E-state index contributed by atoms with van der Waals surface area (Å²) in [6, 6.07) is 18.4. The summed E-state index contributed by atoms with van der Waals surface area (Å²) >= 11 is 2.04. The highest BCUT2D eigenvalue weighted by Crippen LogP contribution is 2.26. The van der Waals surface area contributed by atoms with Gasteiger partial charge in [0.2, 0.25) is 0 Å². The van der Waals surface area contributed by atoms with Crippen molar-refractivity contribution in [3.05, 3.63) is 54.6 Å². The third-order valence-corrected chi connectivity index (χ3v) is 5.75. The molecule has 1 N–H and O–H groups in total. The van der Waals surface area contributed by atoms with Crippen LogP contribution in [-0.4, -0.2) is 42.5 Å². The van der Waals surface area contributed by atoms with E-state index in [-0.39, 0.29) is 6.61 Å². The molecule has 3 aromatic rings. The molecule has 0 fully saturated rings. The van der Waals surface area contributed by atoms with Crippen LogP contribution in [0.5, 0.6) is 5.75 Å². The molecule has 1 unspecified atom stereocenters. The Morgan fingerprint density at radius 1 is 1.07 bits per heavy atom. The standard InChI is InChI=1S/C22H25IN2O3S/c1-3-25(4-2)18-8-5-16(6-9-18)21-11-7-17-13-19(10-12-22(17)24-21)28-20(14-26)15-27-29-23/h5-13,20,26H,3-4,14-15H2,1-2H3. The first kappa shape index (κ1) is 22.1. The van der Waals surface area contributed by atoms with Crippen LogP contribution >= 0.6 is 30.4 Å². The second-order valence-electron chi connectivity index (χ2n) is 6.54. The smallest absolute Gasteiger partial charge is 0.146 e. The lowest BCUT2D eigenvalue weighted by molar-refractivity contribution is 0.0800. The predicted molar refractivity (Wildman–Crippen MR) is 130 cm³/mol. The lowest BCUT2D eigenvalue weighted by atomic mass is 10.1. The van der Waals surface area contributed by atoms with Gasteiger partial charge in [-0.25, -0.2) is 4.98 Å². The molecule has 1 heterocycles. The zero-order valence-electron chi connectivity index (χ0n) is 16.5. The number of hydrogen-bond donors (Lipinski definition) is 1. The zero-order chi connectivity index (χ0) is 20.6. The van der Waals surface area contributed by atoms with E-state index in [4.69, 9.17) is 13.9 Å². The summed E-state index contributed by atoms with van der Waals surface area (Å²) in [6.45, 7) is 6.54. The number of aromatic nitrogens is 1. The Labute approximate surface area is 188 Å². The topological polar surface area (TPSA) is 54.8 Å². The summed E-state index contributed by atoms with van der Waals surface area (Å²) in [4.78, 5) is 7.12. The molecule has 1 aromatic heterocycles. The molecule has 0 saturated heterocycles.